The van der Waals surface area contributed by atoms with Crippen molar-refractivity contribution in [1.82, 2.24) is 10.2 Å². The molecule has 1 aliphatic rings. The van der Waals surface area contributed by atoms with Crippen LogP contribution >= 0.6 is 22.9 Å². The van der Waals surface area contributed by atoms with Crippen LogP contribution in [0.15, 0.2) is 45.6 Å². The number of carbonyl (C=O) groups is 1. The molecule has 8 nitrogen and oxygen atoms in total. The molecule has 2 aromatic carbocycles. The lowest BCUT2D eigenvalue weighted by Gasteiger charge is -2.23. The van der Waals surface area contributed by atoms with E-state index in [9.17, 15) is 9.59 Å². The van der Waals surface area contributed by atoms with Gasteiger partial charge in [-0.05, 0) is 56.7 Å². The minimum Gasteiger partial charge on any atom is -0.490 e. The molecule has 0 fully saturated rings. The van der Waals surface area contributed by atoms with Crippen molar-refractivity contribution in [2.24, 2.45) is 0 Å². The summed E-state index contributed by atoms with van der Waals surface area (Å²) in [6.45, 7) is 6.45. The lowest BCUT2D eigenvalue weighted by molar-refractivity contribution is 0.0970. The molecule has 1 amide bonds. The number of fused-ring (bicyclic) bond motifs is 2. The molecule has 0 bridgehead atoms. The number of anilines is 1. The molecule has 1 atom stereocenters. The number of rotatable bonds is 6. The van der Waals surface area contributed by atoms with Crippen LogP contribution in [0.4, 0.5) is 5.13 Å². The second-order valence-electron chi connectivity index (χ2n) is 7.57. The van der Waals surface area contributed by atoms with Gasteiger partial charge in [-0.1, -0.05) is 29.0 Å². The highest BCUT2D eigenvalue weighted by molar-refractivity contribution is 7.15. The SMILES string of the molecule is CCOc1ccc(C2c3c(oc4ccc(Cl)cc4c3=O)C(=O)N2c2nnc(C)s2)cc1OCC. The molecule has 0 spiro atoms. The maximum absolute atomic E-state index is 13.7. The third-order valence-corrected chi connectivity index (χ3v) is 6.51. The Morgan fingerprint density at radius 2 is 1.82 bits per heavy atom. The lowest BCUT2D eigenvalue weighted by Crippen LogP contribution is -2.29. The molecule has 5 rings (SSSR count). The number of aryl methyl sites for hydroxylation is 1. The number of hydrogen-bond donors (Lipinski definition) is 0. The zero-order valence-electron chi connectivity index (χ0n) is 18.6. The van der Waals surface area contributed by atoms with Crippen LogP contribution in [0.5, 0.6) is 11.5 Å². The van der Waals surface area contributed by atoms with Crippen LogP contribution in [-0.4, -0.2) is 29.3 Å². The van der Waals surface area contributed by atoms with Gasteiger partial charge in [0.1, 0.15) is 10.6 Å². The van der Waals surface area contributed by atoms with E-state index in [4.69, 9.17) is 25.5 Å². The average molecular weight is 498 g/mol. The van der Waals surface area contributed by atoms with Crippen LogP contribution in [-0.2, 0) is 0 Å². The first-order chi connectivity index (χ1) is 16.4. The lowest BCUT2D eigenvalue weighted by atomic mass is 9.98. The van der Waals surface area contributed by atoms with Gasteiger partial charge in [-0.25, -0.2) is 0 Å². The molecule has 10 heteroatoms. The van der Waals surface area contributed by atoms with Gasteiger partial charge in [0.25, 0.3) is 5.91 Å². The average Bonchev–Trinajstić information content (AvgIpc) is 3.37. The highest BCUT2D eigenvalue weighted by Gasteiger charge is 2.45. The van der Waals surface area contributed by atoms with E-state index in [0.29, 0.717) is 50.8 Å². The topological polar surface area (TPSA) is 94.8 Å². The van der Waals surface area contributed by atoms with Crippen LogP contribution in [0.1, 0.15) is 46.6 Å². The molecule has 0 radical (unpaired) electrons. The number of halogens is 1. The van der Waals surface area contributed by atoms with Gasteiger partial charge in [-0.3, -0.25) is 14.5 Å². The van der Waals surface area contributed by atoms with Gasteiger partial charge in [-0.2, -0.15) is 0 Å². The fraction of sp³-hybridized carbons (Fsp3) is 0.250. The quantitative estimate of drug-likeness (QED) is 0.363. The summed E-state index contributed by atoms with van der Waals surface area (Å²) in [4.78, 5) is 28.7. The minimum atomic E-state index is -0.788. The van der Waals surface area contributed by atoms with Crippen molar-refractivity contribution in [2.45, 2.75) is 26.8 Å². The van der Waals surface area contributed by atoms with E-state index in [1.54, 1.807) is 37.3 Å². The molecule has 1 aliphatic heterocycles. The van der Waals surface area contributed by atoms with Gasteiger partial charge >= 0.3 is 0 Å². The summed E-state index contributed by atoms with van der Waals surface area (Å²) in [7, 11) is 0. The second kappa shape index (κ2) is 8.73. The molecule has 0 saturated carbocycles. The molecule has 34 heavy (non-hydrogen) atoms. The third-order valence-electron chi connectivity index (χ3n) is 5.44. The van der Waals surface area contributed by atoms with Crippen LogP contribution in [0.2, 0.25) is 5.02 Å². The largest absolute Gasteiger partial charge is 0.490 e. The molecule has 4 aromatic rings. The zero-order valence-corrected chi connectivity index (χ0v) is 20.2. The normalized spacial score (nSPS) is 15.1. The van der Waals surface area contributed by atoms with Crippen molar-refractivity contribution in [1.29, 1.82) is 0 Å². The summed E-state index contributed by atoms with van der Waals surface area (Å²) >= 11 is 7.41. The molecule has 2 aromatic heterocycles. The highest BCUT2D eigenvalue weighted by Crippen LogP contribution is 2.44. The Morgan fingerprint density at radius 1 is 1.06 bits per heavy atom. The summed E-state index contributed by atoms with van der Waals surface area (Å²) in [6, 6.07) is 9.32. The zero-order chi connectivity index (χ0) is 24.0. The summed E-state index contributed by atoms with van der Waals surface area (Å²) < 4.78 is 17.4. The van der Waals surface area contributed by atoms with E-state index >= 15 is 0 Å². The van der Waals surface area contributed by atoms with E-state index in [0.717, 1.165) is 0 Å². The number of hydrogen-bond acceptors (Lipinski definition) is 8. The maximum Gasteiger partial charge on any atom is 0.297 e. The number of benzene rings is 2. The highest BCUT2D eigenvalue weighted by atomic mass is 35.5. The number of carbonyl (C=O) groups excluding carboxylic acids is 1. The van der Waals surface area contributed by atoms with Crippen molar-refractivity contribution in [3.8, 4) is 11.5 Å². The van der Waals surface area contributed by atoms with Gasteiger partial charge in [-0.15, -0.1) is 10.2 Å². The second-order valence-corrected chi connectivity index (χ2v) is 9.16. The smallest absolute Gasteiger partial charge is 0.297 e. The van der Waals surface area contributed by atoms with Crippen LogP contribution in [0.3, 0.4) is 0 Å². The first-order valence-electron chi connectivity index (χ1n) is 10.7. The van der Waals surface area contributed by atoms with Crippen LogP contribution in [0, 0.1) is 6.92 Å². The molecule has 0 aliphatic carbocycles. The third kappa shape index (κ3) is 3.61. The summed E-state index contributed by atoms with van der Waals surface area (Å²) in [5, 5.41) is 10.0. The Balaban J connectivity index is 1.77. The minimum absolute atomic E-state index is 0.0236. The predicted octanol–water partition coefficient (Wildman–Crippen LogP) is 5.15. The van der Waals surface area contributed by atoms with E-state index in [1.807, 2.05) is 19.9 Å². The number of amides is 1. The Morgan fingerprint density at radius 3 is 2.53 bits per heavy atom. The molecule has 174 valence electrons. The predicted molar refractivity (Wildman–Crippen MR) is 130 cm³/mol. The van der Waals surface area contributed by atoms with Gasteiger partial charge in [0.2, 0.25) is 10.9 Å². The standard InChI is InChI=1S/C24H20ClN3O5S/c1-4-31-17-8-6-13(10-18(17)32-5-2)20-19-21(29)15-11-14(25)7-9-16(15)33-22(19)23(30)28(20)24-27-26-12(3)34-24/h6-11,20H,4-5H2,1-3H3. The van der Waals surface area contributed by atoms with Crippen LogP contribution < -0.4 is 19.8 Å². The molecule has 0 saturated heterocycles. The van der Waals surface area contributed by atoms with Crippen LogP contribution in [0.25, 0.3) is 11.0 Å². The molecular formula is C24H20ClN3O5S. The van der Waals surface area contributed by atoms with Crippen molar-refractivity contribution in [3.63, 3.8) is 0 Å². The molecule has 1 unspecified atom stereocenters. The first-order valence-corrected chi connectivity index (χ1v) is 11.9. The Kier molecular flexibility index (Phi) is 5.75. The van der Waals surface area contributed by atoms with Gasteiger partial charge in [0.15, 0.2) is 16.9 Å². The van der Waals surface area contributed by atoms with Crippen molar-refractivity contribution in [2.75, 3.05) is 18.1 Å². The number of ether oxygens (including phenoxy) is 2. The summed E-state index contributed by atoms with van der Waals surface area (Å²) in [5.41, 5.74) is 0.838. The van der Waals surface area contributed by atoms with Crippen molar-refractivity contribution >= 4 is 44.9 Å². The molecule has 0 N–H and O–H groups in total. The van der Waals surface area contributed by atoms with Gasteiger partial charge in [0.05, 0.1) is 30.2 Å². The Bertz CT molecular complexity index is 1480. The van der Waals surface area contributed by atoms with E-state index in [1.165, 1.54) is 16.2 Å². The van der Waals surface area contributed by atoms with Gasteiger partial charge in [0, 0.05) is 5.02 Å². The Labute approximate surface area is 203 Å². The fourth-order valence-electron chi connectivity index (χ4n) is 4.08. The molecule has 3 heterocycles. The van der Waals surface area contributed by atoms with E-state index in [2.05, 4.69) is 10.2 Å². The number of nitrogens with zero attached hydrogens (tertiary/aromatic N) is 3. The van der Waals surface area contributed by atoms with Crippen molar-refractivity contribution in [3.05, 3.63) is 73.5 Å². The molecular weight excluding hydrogens is 478 g/mol. The van der Waals surface area contributed by atoms with E-state index in [-0.39, 0.29) is 22.3 Å². The first kappa shape index (κ1) is 22.4. The fourth-order valence-corrected chi connectivity index (χ4v) is 4.97. The summed E-state index contributed by atoms with van der Waals surface area (Å²) in [5.74, 6) is 0.610. The maximum atomic E-state index is 13.7. The van der Waals surface area contributed by atoms with Crippen molar-refractivity contribution < 1.29 is 18.7 Å². The Hall–Kier alpha value is -3.43. The number of aromatic nitrogens is 2. The van der Waals surface area contributed by atoms with E-state index < -0.39 is 11.9 Å². The monoisotopic (exact) mass is 497 g/mol. The summed E-state index contributed by atoms with van der Waals surface area (Å²) in [6.07, 6.45) is 0. The van der Waals surface area contributed by atoms with Gasteiger partial charge < -0.3 is 13.9 Å².